The maximum atomic E-state index is 12.1. The third-order valence-corrected chi connectivity index (χ3v) is 4.79. The minimum absolute atomic E-state index is 0.125. The van der Waals surface area contributed by atoms with Gasteiger partial charge in [0.1, 0.15) is 12.9 Å². The molecule has 0 spiro atoms. The van der Waals surface area contributed by atoms with E-state index in [9.17, 15) is 4.79 Å². The van der Waals surface area contributed by atoms with Crippen LogP contribution in [0.1, 0.15) is 23.6 Å². The summed E-state index contributed by atoms with van der Waals surface area (Å²) in [5, 5.41) is 7.59. The number of nitrogens with zero attached hydrogens (tertiary/aromatic N) is 3. The molecule has 0 bridgehead atoms. The first kappa shape index (κ1) is 17.4. The Kier molecular flexibility index (Phi) is 4.68. The number of para-hydroxylation sites is 1. The Morgan fingerprint density at radius 3 is 2.93 bits per heavy atom. The summed E-state index contributed by atoms with van der Waals surface area (Å²) in [5.74, 6) is 1.42. The number of benzene rings is 2. The second-order valence-corrected chi connectivity index (χ2v) is 6.46. The normalized spacial score (nSPS) is 15.8. The van der Waals surface area contributed by atoms with Crippen molar-refractivity contribution in [2.24, 2.45) is 0 Å². The molecule has 0 fully saturated rings. The minimum atomic E-state index is -0.340. The molecule has 3 aromatic rings. The first-order chi connectivity index (χ1) is 13.2. The predicted molar refractivity (Wildman–Crippen MR) is 100 cm³/mol. The molecule has 1 amide bonds. The van der Waals surface area contributed by atoms with Crippen LogP contribution in [0.15, 0.2) is 48.8 Å². The monoisotopic (exact) mass is 384 g/mol. The van der Waals surface area contributed by atoms with E-state index in [-0.39, 0.29) is 25.0 Å². The molecule has 1 aliphatic heterocycles. The van der Waals surface area contributed by atoms with Crippen molar-refractivity contribution in [1.82, 2.24) is 14.8 Å². The maximum absolute atomic E-state index is 12.1. The van der Waals surface area contributed by atoms with Gasteiger partial charge in [-0.3, -0.25) is 10.1 Å². The average molecular weight is 385 g/mol. The second kappa shape index (κ2) is 7.28. The summed E-state index contributed by atoms with van der Waals surface area (Å²) in [5.41, 5.74) is 1.65. The van der Waals surface area contributed by atoms with Crippen molar-refractivity contribution < 1.29 is 14.3 Å². The standard InChI is InChI=1S/C19H17ClN4O3/c1-26-16-8-4-6-13(15-9-17(25)23-19-21-11-22-24(15)19)18(16)27-10-12-5-2-3-7-14(12)20/h2-8,11,15H,9-10H2,1H3,(H,21,22,23,25)/t15-/m1/s1. The van der Waals surface area contributed by atoms with Gasteiger partial charge in [-0.05, 0) is 12.1 Å². The van der Waals surface area contributed by atoms with E-state index in [1.165, 1.54) is 6.33 Å². The molecule has 2 heterocycles. The van der Waals surface area contributed by atoms with Gasteiger partial charge < -0.3 is 9.47 Å². The number of amides is 1. The highest BCUT2D eigenvalue weighted by molar-refractivity contribution is 6.31. The number of anilines is 1. The molecule has 0 radical (unpaired) electrons. The van der Waals surface area contributed by atoms with Crippen LogP contribution in [0.2, 0.25) is 5.02 Å². The average Bonchev–Trinajstić information content (AvgIpc) is 3.15. The number of ether oxygens (including phenoxy) is 2. The Morgan fingerprint density at radius 2 is 2.11 bits per heavy atom. The van der Waals surface area contributed by atoms with Gasteiger partial charge in [0.25, 0.3) is 0 Å². The van der Waals surface area contributed by atoms with E-state index in [1.54, 1.807) is 11.8 Å². The van der Waals surface area contributed by atoms with Gasteiger partial charge in [0.15, 0.2) is 11.5 Å². The van der Waals surface area contributed by atoms with Crippen molar-refractivity contribution in [1.29, 1.82) is 0 Å². The summed E-state index contributed by atoms with van der Waals surface area (Å²) in [6.45, 7) is 0.274. The number of hydrogen-bond acceptors (Lipinski definition) is 5. The highest BCUT2D eigenvalue weighted by atomic mass is 35.5. The molecule has 0 saturated carbocycles. The summed E-state index contributed by atoms with van der Waals surface area (Å²) >= 11 is 6.24. The summed E-state index contributed by atoms with van der Waals surface area (Å²) in [7, 11) is 1.58. The van der Waals surface area contributed by atoms with Crippen LogP contribution in [0.5, 0.6) is 11.5 Å². The van der Waals surface area contributed by atoms with E-state index in [0.29, 0.717) is 22.5 Å². The van der Waals surface area contributed by atoms with Crippen molar-refractivity contribution >= 4 is 23.5 Å². The number of carbonyl (C=O) groups excluding carboxylic acids is 1. The SMILES string of the molecule is COc1cccc([C@H]2CC(=O)Nc3ncnn32)c1OCc1ccccc1Cl. The van der Waals surface area contributed by atoms with Gasteiger partial charge in [0.05, 0.1) is 19.6 Å². The Balaban J connectivity index is 1.72. The molecule has 138 valence electrons. The fraction of sp³-hybridized carbons (Fsp3) is 0.211. The highest BCUT2D eigenvalue weighted by Gasteiger charge is 2.31. The molecule has 4 rings (SSSR count). The number of nitrogens with one attached hydrogen (secondary N) is 1. The van der Waals surface area contributed by atoms with Crippen molar-refractivity contribution in [3.63, 3.8) is 0 Å². The predicted octanol–water partition coefficient (Wildman–Crippen LogP) is 3.45. The largest absolute Gasteiger partial charge is 0.493 e. The molecule has 1 N–H and O–H groups in total. The topological polar surface area (TPSA) is 78.3 Å². The Morgan fingerprint density at radius 1 is 1.26 bits per heavy atom. The Hall–Kier alpha value is -3.06. The first-order valence-corrected chi connectivity index (χ1v) is 8.77. The Bertz CT molecular complexity index is 989. The molecule has 0 saturated heterocycles. The molecule has 1 atom stereocenters. The number of carbonyl (C=O) groups is 1. The van der Waals surface area contributed by atoms with Gasteiger partial charge in [-0.25, -0.2) is 4.68 Å². The molecule has 27 heavy (non-hydrogen) atoms. The van der Waals surface area contributed by atoms with Crippen LogP contribution in [0.3, 0.4) is 0 Å². The van der Waals surface area contributed by atoms with Crippen molar-refractivity contribution in [2.75, 3.05) is 12.4 Å². The summed E-state index contributed by atoms with van der Waals surface area (Å²) < 4.78 is 13.3. The molecule has 1 aliphatic rings. The fourth-order valence-electron chi connectivity index (χ4n) is 3.12. The summed E-state index contributed by atoms with van der Waals surface area (Å²) in [6, 6.07) is 12.7. The fourth-order valence-corrected chi connectivity index (χ4v) is 3.31. The van der Waals surface area contributed by atoms with Crippen molar-refractivity contribution in [3.8, 4) is 11.5 Å². The molecule has 0 unspecified atom stereocenters. The van der Waals surface area contributed by atoms with Crippen molar-refractivity contribution in [2.45, 2.75) is 19.1 Å². The Labute approximate surface area is 160 Å². The number of rotatable bonds is 5. The molecule has 7 nitrogen and oxygen atoms in total. The molecular formula is C19H17ClN4O3. The first-order valence-electron chi connectivity index (χ1n) is 8.40. The van der Waals surface area contributed by atoms with E-state index < -0.39 is 0 Å². The van der Waals surface area contributed by atoms with E-state index in [1.807, 2.05) is 42.5 Å². The second-order valence-electron chi connectivity index (χ2n) is 6.06. The van der Waals surface area contributed by atoms with Crippen LogP contribution in [-0.4, -0.2) is 27.8 Å². The highest BCUT2D eigenvalue weighted by Crippen LogP contribution is 2.40. The van der Waals surface area contributed by atoms with Crippen LogP contribution in [0, 0.1) is 0 Å². The summed E-state index contributed by atoms with van der Waals surface area (Å²) in [4.78, 5) is 16.2. The van der Waals surface area contributed by atoms with Crippen molar-refractivity contribution in [3.05, 3.63) is 64.9 Å². The summed E-state index contributed by atoms with van der Waals surface area (Å²) in [6.07, 6.45) is 1.64. The van der Waals surface area contributed by atoms with Gasteiger partial charge in [-0.2, -0.15) is 10.1 Å². The number of halogens is 1. The van der Waals surface area contributed by atoms with Crippen LogP contribution in [0.4, 0.5) is 5.95 Å². The lowest BCUT2D eigenvalue weighted by atomic mass is 10.0. The van der Waals surface area contributed by atoms with Gasteiger partial charge in [-0.1, -0.05) is 41.9 Å². The van der Waals surface area contributed by atoms with E-state index in [0.717, 1.165) is 11.1 Å². The third-order valence-electron chi connectivity index (χ3n) is 4.42. The molecular weight excluding hydrogens is 368 g/mol. The minimum Gasteiger partial charge on any atom is -0.493 e. The lowest BCUT2D eigenvalue weighted by Gasteiger charge is -2.26. The third kappa shape index (κ3) is 3.33. The van der Waals surface area contributed by atoms with Crippen LogP contribution < -0.4 is 14.8 Å². The zero-order chi connectivity index (χ0) is 18.8. The molecule has 8 heteroatoms. The maximum Gasteiger partial charge on any atom is 0.229 e. The number of methoxy groups -OCH3 is 1. The quantitative estimate of drug-likeness (QED) is 0.729. The van der Waals surface area contributed by atoms with Gasteiger partial charge in [0.2, 0.25) is 11.9 Å². The number of aromatic nitrogens is 3. The zero-order valence-corrected chi connectivity index (χ0v) is 15.3. The lowest BCUT2D eigenvalue weighted by molar-refractivity contribution is -0.117. The van der Waals surface area contributed by atoms with Gasteiger partial charge in [-0.15, -0.1) is 0 Å². The van der Waals surface area contributed by atoms with E-state index >= 15 is 0 Å². The number of hydrogen-bond donors (Lipinski definition) is 1. The van der Waals surface area contributed by atoms with E-state index in [4.69, 9.17) is 21.1 Å². The lowest BCUT2D eigenvalue weighted by Crippen LogP contribution is -2.29. The van der Waals surface area contributed by atoms with E-state index in [2.05, 4.69) is 15.4 Å². The van der Waals surface area contributed by atoms with Crippen LogP contribution >= 0.6 is 11.6 Å². The molecule has 2 aromatic carbocycles. The van der Waals surface area contributed by atoms with Crippen LogP contribution in [-0.2, 0) is 11.4 Å². The molecule has 1 aromatic heterocycles. The number of fused-ring (bicyclic) bond motifs is 1. The van der Waals surface area contributed by atoms with Crippen LogP contribution in [0.25, 0.3) is 0 Å². The smallest absolute Gasteiger partial charge is 0.229 e. The van der Waals surface area contributed by atoms with Gasteiger partial charge in [0, 0.05) is 16.1 Å². The van der Waals surface area contributed by atoms with Gasteiger partial charge >= 0.3 is 0 Å². The molecule has 0 aliphatic carbocycles. The zero-order valence-electron chi connectivity index (χ0n) is 14.6.